The molecule has 0 saturated heterocycles. The molecule has 0 radical (unpaired) electrons. The van der Waals surface area contributed by atoms with Crippen LogP contribution in [0.4, 0.5) is 8.78 Å². The maximum atomic E-state index is 14.4. The first kappa shape index (κ1) is 15.3. The van der Waals surface area contributed by atoms with Gasteiger partial charge in [0.25, 0.3) is 0 Å². The van der Waals surface area contributed by atoms with E-state index in [0.29, 0.717) is 10.9 Å². The Bertz CT molecular complexity index is 811. The zero-order valence-corrected chi connectivity index (χ0v) is 14.6. The Labute approximate surface area is 144 Å². The van der Waals surface area contributed by atoms with E-state index >= 15 is 0 Å². The summed E-state index contributed by atoms with van der Waals surface area (Å²) < 4.78 is 34.5. The van der Waals surface area contributed by atoms with Crippen molar-refractivity contribution in [2.45, 2.75) is 23.6 Å². The lowest BCUT2D eigenvalue weighted by Gasteiger charge is -2.33. The van der Waals surface area contributed by atoms with E-state index in [2.05, 4.69) is 25.9 Å². The number of thioether (sulfide) groups is 1. The molecule has 4 rings (SSSR count). The smallest absolute Gasteiger partial charge is 0.181 e. The molecular weight excluding hydrogens is 386 g/mol. The number of benzene rings is 1. The quantitative estimate of drug-likeness (QED) is 0.749. The molecule has 120 valence electrons. The van der Waals surface area contributed by atoms with Crippen molar-refractivity contribution in [1.29, 1.82) is 0 Å². The number of hydrogen-bond donors (Lipinski definition) is 0. The molecule has 0 bridgehead atoms. The zero-order valence-electron chi connectivity index (χ0n) is 12.2. The molecule has 3 nitrogen and oxygen atoms in total. The van der Waals surface area contributed by atoms with Crippen LogP contribution in [0.3, 0.4) is 0 Å². The van der Waals surface area contributed by atoms with Crippen molar-refractivity contribution in [2.24, 2.45) is 10.9 Å². The average Bonchev–Trinajstić information content (AvgIpc) is 3.16. The van der Waals surface area contributed by atoms with Gasteiger partial charge in [-0.05, 0) is 31.5 Å². The van der Waals surface area contributed by atoms with E-state index in [4.69, 9.17) is 4.42 Å². The number of nitrogens with zero attached hydrogens (tertiary/aromatic N) is 2. The van der Waals surface area contributed by atoms with Crippen molar-refractivity contribution >= 4 is 33.2 Å². The second kappa shape index (κ2) is 5.14. The first-order valence-corrected chi connectivity index (χ1v) is 8.84. The molecule has 0 unspecified atom stereocenters. The highest BCUT2D eigenvalue weighted by Gasteiger charge is 2.70. The van der Waals surface area contributed by atoms with Crippen LogP contribution in [0.1, 0.15) is 23.4 Å². The van der Waals surface area contributed by atoms with E-state index in [1.807, 2.05) is 6.92 Å². The number of rotatable bonds is 3. The van der Waals surface area contributed by atoms with E-state index in [-0.39, 0.29) is 11.5 Å². The molecule has 2 aliphatic rings. The van der Waals surface area contributed by atoms with Crippen LogP contribution in [0.25, 0.3) is 0 Å². The Morgan fingerprint density at radius 2 is 2.30 bits per heavy atom. The summed E-state index contributed by atoms with van der Waals surface area (Å²) in [4.78, 5) is 8.54. The summed E-state index contributed by atoms with van der Waals surface area (Å²) in [7, 11) is 0. The Balaban J connectivity index is 1.85. The molecule has 0 amide bonds. The van der Waals surface area contributed by atoms with E-state index in [1.54, 1.807) is 17.7 Å². The van der Waals surface area contributed by atoms with Gasteiger partial charge in [-0.1, -0.05) is 27.7 Å². The number of oxazole rings is 1. The van der Waals surface area contributed by atoms with Crippen LogP contribution in [-0.2, 0) is 10.3 Å². The highest BCUT2D eigenvalue weighted by atomic mass is 79.9. The van der Waals surface area contributed by atoms with Crippen molar-refractivity contribution < 1.29 is 13.2 Å². The first-order chi connectivity index (χ1) is 11.0. The summed E-state index contributed by atoms with van der Waals surface area (Å²) >= 11 is 4.85. The van der Waals surface area contributed by atoms with Gasteiger partial charge >= 0.3 is 0 Å². The fourth-order valence-electron chi connectivity index (χ4n) is 3.53. The molecule has 2 heterocycles. The van der Waals surface area contributed by atoms with Gasteiger partial charge in [0.2, 0.25) is 0 Å². The Morgan fingerprint density at radius 1 is 1.48 bits per heavy atom. The SMILES string of the molecule is Cc1ncoc1[C@]12C[C@H]1[C@@](CF)(c1cc(Br)ccc1F)N=CS2. The molecule has 0 spiro atoms. The summed E-state index contributed by atoms with van der Waals surface area (Å²) in [5.41, 5.74) is 1.50. The Kier molecular flexibility index (Phi) is 3.43. The predicted octanol–water partition coefficient (Wildman–Crippen LogP) is 4.74. The predicted molar refractivity (Wildman–Crippen MR) is 88.9 cm³/mol. The summed E-state index contributed by atoms with van der Waals surface area (Å²) in [6.45, 7) is 1.11. The topological polar surface area (TPSA) is 38.4 Å². The van der Waals surface area contributed by atoms with Crippen LogP contribution < -0.4 is 0 Å². The summed E-state index contributed by atoms with van der Waals surface area (Å²) in [6, 6.07) is 4.57. The number of alkyl halides is 1. The minimum atomic E-state index is -1.21. The van der Waals surface area contributed by atoms with Gasteiger partial charge in [-0.2, -0.15) is 0 Å². The fraction of sp³-hybridized carbons (Fsp3) is 0.375. The van der Waals surface area contributed by atoms with Crippen molar-refractivity contribution in [2.75, 3.05) is 6.67 Å². The van der Waals surface area contributed by atoms with Crippen molar-refractivity contribution in [3.63, 3.8) is 0 Å². The molecule has 1 saturated carbocycles. The maximum Gasteiger partial charge on any atom is 0.181 e. The molecular formula is C16H13BrF2N2OS. The normalized spacial score (nSPS) is 31.9. The largest absolute Gasteiger partial charge is 0.447 e. The summed E-state index contributed by atoms with van der Waals surface area (Å²) in [5, 5.41) is 0. The van der Waals surface area contributed by atoms with Crippen LogP contribution in [0.15, 0.2) is 38.5 Å². The van der Waals surface area contributed by atoms with Crippen LogP contribution in [0.2, 0.25) is 0 Å². The molecule has 0 N–H and O–H groups in total. The van der Waals surface area contributed by atoms with Gasteiger partial charge in [0.15, 0.2) is 6.39 Å². The van der Waals surface area contributed by atoms with Gasteiger partial charge in [-0.25, -0.2) is 13.8 Å². The van der Waals surface area contributed by atoms with Gasteiger partial charge in [-0.15, -0.1) is 0 Å². The minimum Gasteiger partial charge on any atom is -0.447 e. The first-order valence-electron chi connectivity index (χ1n) is 7.17. The molecule has 1 aliphatic heterocycles. The number of aliphatic imine (C=N–C) groups is 1. The second-order valence-electron chi connectivity index (χ2n) is 5.95. The third-order valence-electron chi connectivity index (χ3n) is 4.76. The molecule has 1 fully saturated rings. The number of aromatic nitrogens is 1. The van der Waals surface area contributed by atoms with Crippen LogP contribution in [-0.4, -0.2) is 17.2 Å². The van der Waals surface area contributed by atoms with Gasteiger partial charge in [0.05, 0.1) is 16.0 Å². The Hall–Kier alpha value is -1.21. The molecule has 1 aromatic carbocycles. The van der Waals surface area contributed by atoms with Crippen LogP contribution >= 0.6 is 27.7 Å². The molecule has 7 heteroatoms. The van der Waals surface area contributed by atoms with Crippen LogP contribution in [0, 0.1) is 18.7 Å². The van der Waals surface area contributed by atoms with E-state index in [9.17, 15) is 8.78 Å². The fourth-order valence-corrected chi connectivity index (χ4v) is 5.25. The van der Waals surface area contributed by atoms with Gasteiger partial charge in [0, 0.05) is 16.0 Å². The lowest BCUT2D eigenvalue weighted by Crippen LogP contribution is -2.36. The summed E-state index contributed by atoms with van der Waals surface area (Å²) in [6.07, 6.45) is 2.08. The molecule has 1 aliphatic carbocycles. The van der Waals surface area contributed by atoms with E-state index < -0.39 is 22.8 Å². The van der Waals surface area contributed by atoms with Gasteiger partial charge < -0.3 is 4.42 Å². The van der Waals surface area contributed by atoms with Gasteiger partial charge in [0.1, 0.15) is 23.8 Å². The minimum absolute atomic E-state index is 0.162. The third-order valence-corrected chi connectivity index (χ3v) is 6.52. The van der Waals surface area contributed by atoms with E-state index in [0.717, 1.165) is 11.5 Å². The molecule has 3 atom stereocenters. The standard InChI is InChI=1S/C16H13BrF2N2OS/c1-9-14(22-7-20-9)16-5-13(16)15(6-18,21-8-23-16)11-4-10(17)2-3-12(11)19/h2-4,7-8,13H,5-6H2,1H3/t13-,15+,16-/m0/s1. The van der Waals surface area contributed by atoms with Crippen molar-refractivity contribution in [3.8, 4) is 0 Å². The lowest BCUT2D eigenvalue weighted by atomic mass is 9.84. The van der Waals surface area contributed by atoms with Crippen molar-refractivity contribution in [1.82, 2.24) is 4.98 Å². The lowest BCUT2D eigenvalue weighted by molar-refractivity contribution is 0.260. The highest BCUT2D eigenvalue weighted by molar-refractivity contribution is 9.10. The number of hydrogen-bond acceptors (Lipinski definition) is 4. The average molecular weight is 399 g/mol. The number of halogens is 3. The van der Waals surface area contributed by atoms with Crippen molar-refractivity contribution in [3.05, 3.63) is 51.9 Å². The van der Waals surface area contributed by atoms with E-state index in [1.165, 1.54) is 24.2 Å². The molecule has 2 aromatic rings. The maximum absolute atomic E-state index is 14.4. The summed E-state index contributed by atoms with van der Waals surface area (Å²) in [5.74, 6) is 0.141. The van der Waals surface area contributed by atoms with Crippen LogP contribution in [0.5, 0.6) is 0 Å². The number of fused-ring (bicyclic) bond motifs is 1. The number of aryl methyl sites for hydroxylation is 1. The highest BCUT2D eigenvalue weighted by Crippen LogP contribution is 2.71. The monoisotopic (exact) mass is 398 g/mol. The van der Waals surface area contributed by atoms with Gasteiger partial charge in [-0.3, -0.25) is 4.99 Å². The third kappa shape index (κ3) is 2.05. The zero-order chi connectivity index (χ0) is 16.2. The molecule has 23 heavy (non-hydrogen) atoms. The Morgan fingerprint density at radius 3 is 3.00 bits per heavy atom. The second-order valence-corrected chi connectivity index (χ2v) is 8.04. The molecule has 1 aromatic heterocycles.